The first kappa shape index (κ1) is 13.8. The highest BCUT2D eigenvalue weighted by atomic mass is 35.6. The Hall–Kier alpha value is -0.190. The quantitative estimate of drug-likeness (QED) is 0.410. The van der Waals surface area contributed by atoms with Crippen LogP contribution in [0, 0.1) is 5.41 Å². The summed E-state index contributed by atoms with van der Waals surface area (Å²) >= 11 is 16.5. The first-order chi connectivity index (χ1) is 6.16. The SMILES string of the molecule is CN(C)C(=NC(=N)C(Cl)(Cl)Cl)N(C)C. The predicted octanol–water partition coefficient (Wildman–Crippen LogP) is 1.81. The zero-order valence-electron chi connectivity index (χ0n) is 8.48. The topological polar surface area (TPSA) is 42.7 Å². The number of amidine groups is 1. The number of hydrogen-bond donors (Lipinski definition) is 1. The molecule has 82 valence electrons. The van der Waals surface area contributed by atoms with Crippen molar-refractivity contribution in [3.8, 4) is 0 Å². The second kappa shape index (κ2) is 5.05. The lowest BCUT2D eigenvalue weighted by Crippen LogP contribution is -2.37. The van der Waals surface area contributed by atoms with E-state index in [4.69, 9.17) is 40.2 Å². The van der Waals surface area contributed by atoms with Crippen LogP contribution in [0.4, 0.5) is 0 Å². The van der Waals surface area contributed by atoms with E-state index in [0.29, 0.717) is 5.96 Å². The Morgan fingerprint density at radius 1 is 1.07 bits per heavy atom. The molecule has 0 fully saturated rings. The molecule has 1 N–H and O–H groups in total. The van der Waals surface area contributed by atoms with E-state index in [1.165, 1.54) is 0 Å². The van der Waals surface area contributed by atoms with Gasteiger partial charge < -0.3 is 9.80 Å². The van der Waals surface area contributed by atoms with Crippen molar-refractivity contribution < 1.29 is 0 Å². The summed E-state index contributed by atoms with van der Waals surface area (Å²) in [6, 6.07) is 0. The monoisotopic (exact) mass is 258 g/mol. The van der Waals surface area contributed by atoms with E-state index in [2.05, 4.69) is 4.99 Å². The van der Waals surface area contributed by atoms with Crippen molar-refractivity contribution in [3.05, 3.63) is 0 Å². The third kappa shape index (κ3) is 4.35. The maximum Gasteiger partial charge on any atom is 0.249 e. The van der Waals surface area contributed by atoms with Gasteiger partial charge in [-0.25, -0.2) is 0 Å². The van der Waals surface area contributed by atoms with Crippen LogP contribution < -0.4 is 0 Å². The summed E-state index contributed by atoms with van der Waals surface area (Å²) in [5.74, 6) is 0.237. The van der Waals surface area contributed by atoms with Crippen LogP contribution in [-0.4, -0.2) is 53.6 Å². The first-order valence-corrected chi connectivity index (χ1v) is 4.88. The Balaban J connectivity index is 4.85. The van der Waals surface area contributed by atoms with E-state index in [0.717, 1.165) is 0 Å². The average molecular weight is 260 g/mol. The number of nitrogens with one attached hydrogen (secondary N) is 1. The van der Waals surface area contributed by atoms with E-state index in [1.54, 1.807) is 38.0 Å². The Bertz CT molecular complexity index is 232. The maximum absolute atomic E-state index is 7.42. The largest absolute Gasteiger partial charge is 0.349 e. The zero-order valence-corrected chi connectivity index (χ0v) is 10.7. The van der Waals surface area contributed by atoms with Gasteiger partial charge in [0.2, 0.25) is 9.75 Å². The van der Waals surface area contributed by atoms with Crippen LogP contribution >= 0.6 is 34.8 Å². The molecule has 0 atom stereocenters. The van der Waals surface area contributed by atoms with Gasteiger partial charge in [0.05, 0.1) is 0 Å². The molecule has 0 saturated carbocycles. The summed E-state index contributed by atoms with van der Waals surface area (Å²) in [4.78, 5) is 7.36. The summed E-state index contributed by atoms with van der Waals surface area (Å²) < 4.78 is -1.78. The van der Waals surface area contributed by atoms with E-state index >= 15 is 0 Å². The van der Waals surface area contributed by atoms with Gasteiger partial charge in [0.25, 0.3) is 0 Å². The summed E-state index contributed by atoms with van der Waals surface area (Å²) in [6.07, 6.45) is 0. The molecule has 0 aliphatic heterocycles. The summed E-state index contributed by atoms with van der Waals surface area (Å²) in [6.45, 7) is 0. The van der Waals surface area contributed by atoms with Gasteiger partial charge >= 0.3 is 0 Å². The fourth-order valence-corrected chi connectivity index (χ4v) is 0.890. The van der Waals surface area contributed by atoms with Crippen molar-refractivity contribution in [3.63, 3.8) is 0 Å². The van der Waals surface area contributed by atoms with Crippen LogP contribution in [0.15, 0.2) is 4.99 Å². The minimum Gasteiger partial charge on any atom is -0.349 e. The molecule has 0 bridgehead atoms. The number of alkyl halides is 3. The smallest absolute Gasteiger partial charge is 0.249 e. The molecule has 0 aliphatic rings. The summed E-state index contributed by atoms with van der Waals surface area (Å²) in [7, 11) is 7.18. The lowest BCUT2D eigenvalue weighted by Gasteiger charge is -2.23. The predicted molar refractivity (Wildman–Crippen MR) is 62.8 cm³/mol. The number of halogens is 3. The van der Waals surface area contributed by atoms with Crippen LogP contribution in [0.1, 0.15) is 0 Å². The molecule has 0 aromatic rings. The van der Waals surface area contributed by atoms with Crippen LogP contribution in [-0.2, 0) is 0 Å². The van der Waals surface area contributed by atoms with Crippen molar-refractivity contribution >= 4 is 46.6 Å². The Labute approximate surface area is 98.9 Å². The maximum atomic E-state index is 7.42. The van der Waals surface area contributed by atoms with Gasteiger partial charge in [-0.1, -0.05) is 34.8 Å². The molecule has 7 heteroatoms. The second-order valence-corrected chi connectivity index (χ2v) is 5.33. The molecular formula is C7H13Cl3N4. The molecule has 0 radical (unpaired) electrons. The van der Waals surface area contributed by atoms with Crippen molar-refractivity contribution in [1.82, 2.24) is 9.80 Å². The minimum atomic E-state index is -1.78. The number of nitrogens with zero attached hydrogens (tertiary/aromatic N) is 3. The van der Waals surface area contributed by atoms with Gasteiger partial charge in [0.1, 0.15) is 0 Å². The van der Waals surface area contributed by atoms with Crippen molar-refractivity contribution in [2.75, 3.05) is 28.2 Å². The van der Waals surface area contributed by atoms with Crippen LogP contribution in [0.25, 0.3) is 0 Å². The normalized spacial score (nSPS) is 10.8. The Kier molecular flexibility index (Phi) is 4.98. The molecule has 0 aromatic heterocycles. The van der Waals surface area contributed by atoms with Crippen molar-refractivity contribution in [2.24, 2.45) is 4.99 Å². The minimum absolute atomic E-state index is 0.306. The molecule has 0 spiro atoms. The summed E-state index contributed by atoms with van der Waals surface area (Å²) in [5, 5.41) is 7.42. The lowest BCUT2D eigenvalue weighted by atomic mass is 10.6. The van der Waals surface area contributed by atoms with Crippen molar-refractivity contribution in [2.45, 2.75) is 3.79 Å². The molecule has 0 heterocycles. The standard InChI is InChI=1S/C7H13Cl3N4/c1-13(2)6(14(3)4)12-5(11)7(8,9)10/h11H,1-4H3. The first-order valence-electron chi connectivity index (χ1n) is 3.75. The highest BCUT2D eigenvalue weighted by Crippen LogP contribution is 2.27. The molecule has 0 rings (SSSR count). The fraction of sp³-hybridized carbons (Fsp3) is 0.714. The van der Waals surface area contributed by atoms with Gasteiger partial charge in [-0.15, -0.1) is 0 Å². The Morgan fingerprint density at radius 2 is 1.43 bits per heavy atom. The highest BCUT2D eigenvalue weighted by Gasteiger charge is 2.27. The van der Waals surface area contributed by atoms with Crippen molar-refractivity contribution in [1.29, 1.82) is 5.41 Å². The van der Waals surface area contributed by atoms with Gasteiger partial charge in [-0.2, -0.15) is 4.99 Å². The highest BCUT2D eigenvalue weighted by molar-refractivity contribution is 6.76. The van der Waals surface area contributed by atoms with Crippen LogP contribution in [0.5, 0.6) is 0 Å². The van der Waals surface area contributed by atoms with Gasteiger partial charge in [-0.3, -0.25) is 5.41 Å². The van der Waals surface area contributed by atoms with E-state index in [9.17, 15) is 0 Å². The molecular weight excluding hydrogens is 246 g/mol. The number of hydrogen-bond acceptors (Lipinski definition) is 1. The molecule has 0 saturated heterocycles. The van der Waals surface area contributed by atoms with Gasteiger partial charge in [-0.05, 0) is 0 Å². The lowest BCUT2D eigenvalue weighted by molar-refractivity contribution is 0.485. The Morgan fingerprint density at radius 3 is 1.64 bits per heavy atom. The third-order valence-electron chi connectivity index (χ3n) is 1.28. The zero-order chi connectivity index (χ0) is 11.5. The number of aliphatic imine (C=N–C) groups is 1. The molecule has 0 aromatic carbocycles. The molecule has 14 heavy (non-hydrogen) atoms. The average Bonchev–Trinajstić information content (AvgIpc) is 1.96. The fourth-order valence-electron chi connectivity index (χ4n) is 0.763. The molecule has 0 unspecified atom stereocenters. The number of rotatable bonds is 0. The number of guanidine groups is 1. The van der Waals surface area contributed by atoms with Crippen LogP contribution in [0.2, 0.25) is 0 Å². The van der Waals surface area contributed by atoms with E-state index in [1.807, 2.05) is 0 Å². The van der Waals surface area contributed by atoms with Gasteiger partial charge in [0.15, 0.2) is 5.84 Å². The second-order valence-electron chi connectivity index (χ2n) is 3.05. The molecule has 4 nitrogen and oxygen atoms in total. The molecule has 0 amide bonds. The van der Waals surface area contributed by atoms with Crippen LogP contribution in [0.3, 0.4) is 0 Å². The van der Waals surface area contributed by atoms with E-state index in [-0.39, 0.29) is 5.84 Å². The molecule has 0 aliphatic carbocycles. The van der Waals surface area contributed by atoms with E-state index < -0.39 is 3.79 Å². The third-order valence-corrected chi connectivity index (χ3v) is 1.82. The van der Waals surface area contributed by atoms with Gasteiger partial charge in [0, 0.05) is 28.2 Å². The summed E-state index contributed by atoms with van der Waals surface area (Å²) in [5.41, 5.74) is 0.